The number of halogens is 2. The predicted molar refractivity (Wildman–Crippen MR) is 99.1 cm³/mol. The van der Waals surface area contributed by atoms with Crippen LogP contribution in [0.3, 0.4) is 0 Å². The zero-order valence-corrected chi connectivity index (χ0v) is 15.9. The van der Waals surface area contributed by atoms with Gasteiger partial charge in [-0.3, -0.25) is 9.59 Å². The van der Waals surface area contributed by atoms with Crippen molar-refractivity contribution in [2.24, 2.45) is 0 Å². The summed E-state index contributed by atoms with van der Waals surface area (Å²) < 4.78 is 27.4. The summed E-state index contributed by atoms with van der Waals surface area (Å²) in [5.74, 6) is -1.54. The van der Waals surface area contributed by atoms with E-state index in [0.717, 1.165) is 6.07 Å². The summed E-state index contributed by atoms with van der Waals surface area (Å²) in [5.41, 5.74) is 0.279. The monoisotopic (exact) mass is 396 g/mol. The molecule has 0 N–H and O–H groups in total. The Bertz CT molecular complexity index is 814. The molecule has 138 valence electrons. The average Bonchev–Trinajstić information content (AvgIpc) is 3.22. The van der Waals surface area contributed by atoms with E-state index in [1.165, 1.54) is 35.2 Å². The van der Waals surface area contributed by atoms with Crippen molar-refractivity contribution in [2.45, 2.75) is 17.5 Å². The molecular weight excluding hydrogens is 378 g/mol. The maximum atomic E-state index is 14.2. The summed E-state index contributed by atoms with van der Waals surface area (Å²) in [5, 5.41) is 0.989. The lowest BCUT2D eigenvalue weighted by atomic mass is 10.2. The minimum atomic E-state index is -0.669. The Morgan fingerprint density at radius 2 is 2.08 bits per heavy atom. The standard InChI is InChI=1S/C18H18F2N2O2S2/c1-11-16(23)22(8-7-21(2)17(24)15-4-3-9-25-15)18(26-11)13-6-5-12(19)10-14(13)20/h3-6,9-11,18H,7-8H2,1-2H3/t11-,18+/m1/s1. The van der Waals surface area contributed by atoms with Crippen LogP contribution >= 0.6 is 23.1 Å². The van der Waals surface area contributed by atoms with Gasteiger partial charge in [0.2, 0.25) is 5.91 Å². The maximum Gasteiger partial charge on any atom is 0.263 e. The molecule has 2 atom stereocenters. The second-order valence-electron chi connectivity index (χ2n) is 6.03. The number of thioether (sulfide) groups is 1. The van der Waals surface area contributed by atoms with Crippen LogP contribution in [0.25, 0.3) is 0 Å². The van der Waals surface area contributed by atoms with Crippen molar-refractivity contribution < 1.29 is 18.4 Å². The number of likely N-dealkylation sites (N-methyl/N-ethyl adjacent to an activating group) is 1. The molecule has 0 spiro atoms. The molecule has 0 unspecified atom stereocenters. The van der Waals surface area contributed by atoms with Crippen molar-refractivity contribution in [3.63, 3.8) is 0 Å². The molecule has 1 fully saturated rings. The fourth-order valence-corrected chi connectivity index (χ4v) is 4.84. The Kier molecular flexibility index (Phi) is 5.62. The molecule has 0 saturated carbocycles. The van der Waals surface area contributed by atoms with Gasteiger partial charge in [-0.05, 0) is 24.4 Å². The molecule has 1 saturated heterocycles. The Balaban J connectivity index is 1.73. The lowest BCUT2D eigenvalue weighted by Gasteiger charge is -2.27. The van der Waals surface area contributed by atoms with E-state index in [2.05, 4.69) is 0 Å². The first-order chi connectivity index (χ1) is 12.4. The van der Waals surface area contributed by atoms with Crippen LogP contribution in [0.15, 0.2) is 35.7 Å². The number of rotatable bonds is 5. The molecule has 1 aromatic carbocycles. The highest BCUT2D eigenvalue weighted by atomic mass is 32.2. The number of nitrogens with zero attached hydrogens (tertiary/aromatic N) is 2. The van der Waals surface area contributed by atoms with Gasteiger partial charge in [-0.2, -0.15) is 0 Å². The third kappa shape index (κ3) is 3.76. The van der Waals surface area contributed by atoms with Crippen LogP contribution in [-0.2, 0) is 4.79 Å². The molecule has 2 amide bonds. The minimum absolute atomic E-state index is 0.110. The van der Waals surface area contributed by atoms with Crippen LogP contribution in [-0.4, -0.2) is 47.0 Å². The van der Waals surface area contributed by atoms with Gasteiger partial charge in [0.05, 0.1) is 10.1 Å². The van der Waals surface area contributed by atoms with Gasteiger partial charge in [-0.25, -0.2) is 8.78 Å². The van der Waals surface area contributed by atoms with Crippen LogP contribution in [0.1, 0.15) is 27.5 Å². The zero-order valence-electron chi connectivity index (χ0n) is 14.3. The van der Waals surface area contributed by atoms with Crippen LogP contribution in [0.4, 0.5) is 8.78 Å². The largest absolute Gasteiger partial charge is 0.339 e. The minimum Gasteiger partial charge on any atom is -0.339 e. The van der Waals surface area contributed by atoms with Crippen molar-refractivity contribution in [1.29, 1.82) is 0 Å². The summed E-state index contributed by atoms with van der Waals surface area (Å²) in [6.07, 6.45) is 0. The van der Waals surface area contributed by atoms with Crippen molar-refractivity contribution in [3.05, 3.63) is 57.8 Å². The average molecular weight is 396 g/mol. The number of hydrogen-bond acceptors (Lipinski definition) is 4. The normalized spacial score (nSPS) is 19.8. The van der Waals surface area contributed by atoms with Gasteiger partial charge in [0.15, 0.2) is 0 Å². The topological polar surface area (TPSA) is 40.6 Å². The van der Waals surface area contributed by atoms with Crippen LogP contribution in [0.2, 0.25) is 0 Å². The van der Waals surface area contributed by atoms with Crippen molar-refractivity contribution in [2.75, 3.05) is 20.1 Å². The molecule has 26 heavy (non-hydrogen) atoms. The fourth-order valence-electron chi connectivity index (χ4n) is 2.79. The third-order valence-electron chi connectivity index (χ3n) is 4.23. The van der Waals surface area contributed by atoms with Crippen LogP contribution < -0.4 is 0 Å². The van der Waals surface area contributed by atoms with E-state index in [9.17, 15) is 18.4 Å². The quantitative estimate of drug-likeness (QED) is 0.773. The summed E-state index contributed by atoms with van der Waals surface area (Å²) in [7, 11) is 1.67. The van der Waals surface area contributed by atoms with Gasteiger partial charge in [-0.15, -0.1) is 23.1 Å². The summed E-state index contributed by atoms with van der Waals surface area (Å²) in [6.45, 7) is 2.38. The first-order valence-electron chi connectivity index (χ1n) is 8.08. The van der Waals surface area contributed by atoms with Crippen LogP contribution in [0.5, 0.6) is 0 Å². The Labute approximate surface area is 158 Å². The highest BCUT2D eigenvalue weighted by Crippen LogP contribution is 2.43. The summed E-state index contributed by atoms with van der Waals surface area (Å²) in [4.78, 5) is 28.5. The van der Waals surface area contributed by atoms with E-state index in [4.69, 9.17) is 0 Å². The zero-order chi connectivity index (χ0) is 18.8. The first kappa shape index (κ1) is 18.8. The molecule has 1 aliphatic rings. The lowest BCUT2D eigenvalue weighted by molar-refractivity contribution is -0.130. The van der Waals surface area contributed by atoms with Crippen molar-refractivity contribution in [3.8, 4) is 0 Å². The van der Waals surface area contributed by atoms with E-state index >= 15 is 0 Å². The number of carbonyl (C=O) groups is 2. The number of thiophene rings is 1. The van der Waals surface area contributed by atoms with Crippen molar-refractivity contribution in [1.82, 2.24) is 9.80 Å². The van der Waals surface area contributed by atoms with E-state index in [1.54, 1.807) is 35.9 Å². The first-order valence-corrected chi connectivity index (χ1v) is 9.90. The second kappa shape index (κ2) is 7.75. The molecule has 2 heterocycles. The van der Waals surface area contributed by atoms with Crippen LogP contribution in [0, 0.1) is 11.6 Å². The number of amides is 2. The molecule has 8 heteroatoms. The predicted octanol–water partition coefficient (Wildman–Crippen LogP) is 3.76. The van der Waals surface area contributed by atoms with Gasteiger partial charge in [0.25, 0.3) is 5.91 Å². The molecule has 4 nitrogen and oxygen atoms in total. The van der Waals surface area contributed by atoms with Crippen molar-refractivity contribution >= 4 is 34.9 Å². The molecule has 3 rings (SSSR count). The second-order valence-corrected chi connectivity index (χ2v) is 8.41. The van der Waals surface area contributed by atoms with Gasteiger partial charge in [0.1, 0.15) is 17.0 Å². The van der Waals surface area contributed by atoms with E-state index < -0.39 is 17.0 Å². The highest BCUT2D eigenvalue weighted by molar-refractivity contribution is 8.01. The molecule has 1 aliphatic heterocycles. The number of benzene rings is 1. The SMILES string of the molecule is C[C@H]1S[C@@H](c2ccc(F)cc2F)N(CCN(C)C(=O)c2cccs2)C1=O. The Hall–Kier alpha value is -1.93. The Morgan fingerprint density at radius 3 is 2.73 bits per heavy atom. The Morgan fingerprint density at radius 1 is 1.31 bits per heavy atom. The summed E-state index contributed by atoms with van der Waals surface area (Å²) >= 11 is 2.68. The van der Waals surface area contributed by atoms with Gasteiger partial charge < -0.3 is 9.80 Å². The fraction of sp³-hybridized carbons (Fsp3) is 0.333. The summed E-state index contributed by atoms with van der Waals surface area (Å²) in [6, 6.07) is 6.95. The lowest BCUT2D eigenvalue weighted by Crippen LogP contribution is -2.39. The number of carbonyl (C=O) groups excluding carboxylic acids is 2. The maximum absolute atomic E-state index is 14.2. The smallest absolute Gasteiger partial charge is 0.263 e. The van der Waals surface area contributed by atoms with E-state index in [-0.39, 0.29) is 29.2 Å². The number of hydrogen-bond donors (Lipinski definition) is 0. The van der Waals surface area contributed by atoms with E-state index in [0.29, 0.717) is 11.4 Å². The molecule has 0 bridgehead atoms. The van der Waals surface area contributed by atoms with Gasteiger partial charge in [-0.1, -0.05) is 12.1 Å². The highest BCUT2D eigenvalue weighted by Gasteiger charge is 2.39. The molecular formula is C18H18F2N2O2S2. The molecule has 2 aromatic rings. The molecule has 0 radical (unpaired) electrons. The van der Waals surface area contributed by atoms with Gasteiger partial charge in [0, 0.05) is 31.8 Å². The molecule has 1 aromatic heterocycles. The third-order valence-corrected chi connectivity index (χ3v) is 6.46. The van der Waals surface area contributed by atoms with Gasteiger partial charge >= 0.3 is 0 Å². The van der Waals surface area contributed by atoms with E-state index in [1.807, 2.05) is 5.38 Å². The molecule has 0 aliphatic carbocycles.